The molecule has 0 aliphatic heterocycles. The number of rotatable bonds is 87. The van der Waals surface area contributed by atoms with E-state index in [1.54, 1.807) is 0 Å². The molecule has 0 aromatic heterocycles. The number of ether oxygens (including phenoxy) is 4. The fourth-order valence-corrected chi connectivity index (χ4v) is 15.1. The molecule has 0 saturated heterocycles. The quantitative estimate of drug-likeness (QED) is 0.0222. The fraction of sp³-hybridized carbons (Fsp3) is 0.953. The van der Waals surface area contributed by atoms with Crippen LogP contribution in [0.2, 0.25) is 0 Å². The molecule has 0 aliphatic carbocycles. The van der Waals surface area contributed by atoms with Gasteiger partial charge in [0.05, 0.1) is 26.4 Å². The second-order valence-corrected chi connectivity index (χ2v) is 33.8. The molecule has 5 atom stereocenters. The Kier molecular flexibility index (Phi) is 78.6. The van der Waals surface area contributed by atoms with Crippen molar-refractivity contribution in [2.24, 2.45) is 0 Å². The maximum absolute atomic E-state index is 13.1. The zero-order valence-electron chi connectivity index (χ0n) is 68.7. The molecular weight excluding hydrogens is 1370 g/mol. The third kappa shape index (κ3) is 79.9. The summed E-state index contributed by atoms with van der Waals surface area (Å²) in [4.78, 5) is 73.2. The van der Waals surface area contributed by atoms with Crippen LogP contribution in [0, 0.1) is 0 Å². The largest absolute Gasteiger partial charge is 0.472 e. The van der Waals surface area contributed by atoms with E-state index in [0.717, 1.165) is 89.9 Å². The highest BCUT2D eigenvalue weighted by Gasteiger charge is 2.30. The summed E-state index contributed by atoms with van der Waals surface area (Å²) in [6.45, 7) is 5.06. The molecule has 624 valence electrons. The van der Waals surface area contributed by atoms with E-state index >= 15 is 0 Å². The molecule has 0 aromatic rings. The summed E-state index contributed by atoms with van der Waals surface area (Å²) in [6.07, 6.45) is 75.0. The Hall–Kier alpha value is -1.94. The molecule has 105 heavy (non-hydrogen) atoms. The van der Waals surface area contributed by atoms with Gasteiger partial charge in [-0.15, -0.1) is 0 Å². The average Bonchev–Trinajstić information content (AvgIpc) is 1.08. The van der Waals surface area contributed by atoms with Gasteiger partial charge in [0.1, 0.15) is 19.3 Å². The van der Waals surface area contributed by atoms with E-state index < -0.39 is 97.5 Å². The van der Waals surface area contributed by atoms with Crippen molar-refractivity contribution in [1.82, 2.24) is 0 Å². The molecule has 0 fully saturated rings. The number of phosphoric ester groups is 2. The van der Waals surface area contributed by atoms with Gasteiger partial charge in [-0.3, -0.25) is 37.3 Å². The zero-order chi connectivity index (χ0) is 76.7. The van der Waals surface area contributed by atoms with E-state index in [1.807, 2.05) is 0 Å². The number of carbonyl (C=O) groups is 4. The van der Waals surface area contributed by atoms with Crippen molar-refractivity contribution in [3.63, 3.8) is 0 Å². The Morgan fingerprint density at radius 1 is 0.229 bits per heavy atom. The fourth-order valence-electron chi connectivity index (χ4n) is 13.5. The van der Waals surface area contributed by atoms with Gasteiger partial charge in [0.15, 0.2) is 12.2 Å². The molecule has 0 heterocycles. The lowest BCUT2D eigenvalue weighted by Gasteiger charge is -2.21. The maximum Gasteiger partial charge on any atom is 0.472 e. The third-order valence-electron chi connectivity index (χ3n) is 20.4. The van der Waals surface area contributed by atoms with E-state index in [1.165, 1.54) is 302 Å². The van der Waals surface area contributed by atoms with Crippen molar-refractivity contribution in [2.45, 2.75) is 489 Å². The van der Waals surface area contributed by atoms with Crippen LogP contribution in [0.15, 0.2) is 0 Å². The summed E-state index contributed by atoms with van der Waals surface area (Å²) in [7, 11) is -9.92. The molecule has 0 aromatic carbocycles. The van der Waals surface area contributed by atoms with Gasteiger partial charge >= 0.3 is 39.5 Å². The Bertz CT molecular complexity index is 1980. The molecule has 3 N–H and O–H groups in total. The highest BCUT2D eigenvalue weighted by atomic mass is 31.2. The minimum absolute atomic E-state index is 0.109. The predicted octanol–water partition coefficient (Wildman–Crippen LogP) is 26.5. The van der Waals surface area contributed by atoms with Crippen LogP contribution in [0.1, 0.15) is 471 Å². The number of phosphoric acid groups is 2. The average molecular weight is 1540 g/mol. The van der Waals surface area contributed by atoms with Crippen molar-refractivity contribution in [3.8, 4) is 0 Å². The van der Waals surface area contributed by atoms with Crippen LogP contribution in [-0.2, 0) is 65.4 Å². The highest BCUT2D eigenvalue weighted by molar-refractivity contribution is 7.47. The lowest BCUT2D eigenvalue weighted by molar-refractivity contribution is -0.161. The van der Waals surface area contributed by atoms with Crippen LogP contribution in [0.5, 0.6) is 0 Å². The van der Waals surface area contributed by atoms with E-state index in [2.05, 4.69) is 27.7 Å². The molecule has 0 spiro atoms. The van der Waals surface area contributed by atoms with Crippen LogP contribution in [0.4, 0.5) is 0 Å². The lowest BCUT2D eigenvalue weighted by Crippen LogP contribution is -2.30. The van der Waals surface area contributed by atoms with E-state index in [0.29, 0.717) is 25.7 Å². The minimum atomic E-state index is -4.96. The minimum Gasteiger partial charge on any atom is -0.462 e. The number of hydrogen-bond donors (Lipinski definition) is 3. The van der Waals surface area contributed by atoms with Gasteiger partial charge in [-0.05, 0) is 25.7 Å². The molecule has 19 heteroatoms. The summed E-state index contributed by atoms with van der Waals surface area (Å²) < 4.78 is 68.9. The van der Waals surface area contributed by atoms with Crippen molar-refractivity contribution in [2.75, 3.05) is 39.6 Å². The molecule has 0 rings (SSSR count). The summed E-state index contributed by atoms with van der Waals surface area (Å²) >= 11 is 0. The molecule has 0 saturated carbocycles. The van der Waals surface area contributed by atoms with E-state index in [9.17, 15) is 43.2 Å². The SMILES string of the molecule is CCCCCCCCCCCCCCCCCCCCCC(=O)O[C@H](COC(=O)CCCCCCCCCCCCCCCCCCCC)COP(=O)(O)OC[C@@H](O)COP(=O)(O)OC[C@@H](COC(=O)CCCCCCCCCCCC)OC(=O)CCCCCCCCCCCCCCCCCCCC. The van der Waals surface area contributed by atoms with Crippen LogP contribution < -0.4 is 0 Å². The maximum atomic E-state index is 13.1. The first-order valence-electron chi connectivity index (χ1n) is 44.8. The first-order chi connectivity index (χ1) is 51.2. The number of esters is 4. The Morgan fingerprint density at radius 2 is 0.381 bits per heavy atom. The molecule has 0 aliphatic rings. The number of hydrogen-bond acceptors (Lipinski definition) is 15. The molecule has 0 amide bonds. The number of unbranched alkanes of at least 4 members (excludes halogenated alkanes) is 61. The van der Waals surface area contributed by atoms with Gasteiger partial charge in [0.25, 0.3) is 0 Å². The topological polar surface area (TPSA) is 237 Å². The van der Waals surface area contributed by atoms with Gasteiger partial charge < -0.3 is 33.8 Å². The van der Waals surface area contributed by atoms with Crippen molar-refractivity contribution >= 4 is 39.5 Å². The number of aliphatic hydroxyl groups excluding tert-OH is 1. The standard InChI is InChI=1S/C86H168O17P2/c1-5-9-13-17-21-25-29-32-35-38-41-44-47-50-53-57-61-65-69-73-86(91)103-82(77-97-84(89)71-67-63-59-55-51-48-45-42-39-36-33-30-26-22-18-14-10-6-2)79-101-105(94,95)99-75-80(87)74-98-104(92,93)100-78-81(76-96-83(88)70-66-62-58-54-28-24-20-16-12-8-4)102-85(90)72-68-64-60-56-52-49-46-43-40-37-34-31-27-23-19-15-11-7-3/h80-82,87H,5-79H2,1-4H3,(H,92,93)(H,94,95)/t80-,81+,82+/m0/s1. The van der Waals surface area contributed by atoms with E-state index in [-0.39, 0.29) is 25.7 Å². The lowest BCUT2D eigenvalue weighted by atomic mass is 10.0. The molecular formula is C86H168O17P2. The second-order valence-electron chi connectivity index (χ2n) is 30.9. The first-order valence-corrected chi connectivity index (χ1v) is 47.8. The van der Waals surface area contributed by atoms with Crippen molar-refractivity contribution in [3.05, 3.63) is 0 Å². The molecule has 2 unspecified atom stereocenters. The van der Waals surface area contributed by atoms with Crippen molar-refractivity contribution in [1.29, 1.82) is 0 Å². The van der Waals surface area contributed by atoms with Gasteiger partial charge in [0.2, 0.25) is 0 Å². The van der Waals surface area contributed by atoms with Gasteiger partial charge in [-0.25, -0.2) is 9.13 Å². The second kappa shape index (κ2) is 80.1. The first kappa shape index (κ1) is 103. The Balaban J connectivity index is 5.22. The number of aliphatic hydroxyl groups is 1. The smallest absolute Gasteiger partial charge is 0.462 e. The van der Waals surface area contributed by atoms with Gasteiger partial charge in [0, 0.05) is 25.7 Å². The molecule has 17 nitrogen and oxygen atoms in total. The van der Waals surface area contributed by atoms with Crippen LogP contribution in [0.25, 0.3) is 0 Å². The predicted molar refractivity (Wildman–Crippen MR) is 432 cm³/mol. The van der Waals surface area contributed by atoms with Gasteiger partial charge in [-0.1, -0.05) is 419 Å². The van der Waals surface area contributed by atoms with Gasteiger partial charge in [-0.2, -0.15) is 0 Å². The Labute approximate surface area is 645 Å². The normalized spacial score (nSPS) is 13.7. The highest BCUT2D eigenvalue weighted by Crippen LogP contribution is 2.45. The molecule has 0 bridgehead atoms. The van der Waals surface area contributed by atoms with Crippen LogP contribution in [0.3, 0.4) is 0 Å². The Morgan fingerprint density at radius 3 is 0.562 bits per heavy atom. The van der Waals surface area contributed by atoms with Crippen molar-refractivity contribution < 1.29 is 80.2 Å². The zero-order valence-corrected chi connectivity index (χ0v) is 70.5. The third-order valence-corrected chi connectivity index (χ3v) is 22.3. The summed E-state index contributed by atoms with van der Waals surface area (Å²) in [5.74, 6) is -2.10. The summed E-state index contributed by atoms with van der Waals surface area (Å²) in [5.41, 5.74) is 0. The monoisotopic (exact) mass is 1540 g/mol. The van der Waals surface area contributed by atoms with E-state index in [4.69, 9.17) is 37.0 Å². The van der Waals surface area contributed by atoms with Crippen LogP contribution >= 0.6 is 15.6 Å². The van der Waals surface area contributed by atoms with Crippen LogP contribution in [-0.4, -0.2) is 96.7 Å². The number of carbonyl (C=O) groups excluding carboxylic acids is 4. The molecule has 0 radical (unpaired) electrons. The summed E-state index contributed by atoms with van der Waals surface area (Å²) in [5, 5.41) is 10.7. The summed E-state index contributed by atoms with van der Waals surface area (Å²) in [6, 6.07) is 0.